The molecule has 1 heterocycles. The van der Waals surface area contributed by atoms with E-state index in [0.29, 0.717) is 17.7 Å². The zero-order valence-electron chi connectivity index (χ0n) is 13.6. The summed E-state index contributed by atoms with van der Waals surface area (Å²) in [5, 5.41) is 13.5. The highest BCUT2D eigenvalue weighted by atomic mass is 19.4. The van der Waals surface area contributed by atoms with Gasteiger partial charge in [-0.25, -0.2) is 0 Å². The van der Waals surface area contributed by atoms with Crippen molar-refractivity contribution in [2.45, 2.75) is 19.3 Å². The minimum Gasteiger partial charge on any atom is -0.406 e. The van der Waals surface area contributed by atoms with Gasteiger partial charge in [0.15, 0.2) is 0 Å². The van der Waals surface area contributed by atoms with Gasteiger partial charge in [-0.1, -0.05) is 30.3 Å². The van der Waals surface area contributed by atoms with Crippen molar-refractivity contribution in [3.8, 4) is 22.9 Å². The SMILES string of the molecule is N#Cc1ccc(OC(F)(F)F)cc1-c1cnn(CCc2ccccc2)c1. The summed E-state index contributed by atoms with van der Waals surface area (Å²) in [6.45, 7) is 0.616. The predicted molar refractivity (Wildman–Crippen MR) is 89.2 cm³/mol. The molecule has 26 heavy (non-hydrogen) atoms. The molecule has 4 nitrogen and oxygen atoms in total. The third-order valence-electron chi connectivity index (χ3n) is 3.76. The Morgan fingerprint density at radius 3 is 2.58 bits per heavy atom. The van der Waals surface area contributed by atoms with E-state index >= 15 is 0 Å². The molecular formula is C19H14F3N3O. The molecule has 0 unspecified atom stereocenters. The Balaban J connectivity index is 1.81. The summed E-state index contributed by atoms with van der Waals surface area (Å²) < 4.78 is 42.9. The monoisotopic (exact) mass is 357 g/mol. The highest BCUT2D eigenvalue weighted by Crippen LogP contribution is 2.30. The first-order valence-corrected chi connectivity index (χ1v) is 7.81. The molecule has 132 valence electrons. The van der Waals surface area contributed by atoms with E-state index in [1.165, 1.54) is 18.3 Å². The Morgan fingerprint density at radius 1 is 1.12 bits per heavy atom. The zero-order valence-corrected chi connectivity index (χ0v) is 13.6. The second-order valence-corrected chi connectivity index (χ2v) is 5.59. The molecular weight excluding hydrogens is 343 g/mol. The summed E-state index contributed by atoms with van der Waals surface area (Å²) in [5.41, 5.74) is 2.31. The lowest BCUT2D eigenvalue weighted by atomic mass is 10.0. The molecule has 0 radical (unpaired) electrons. The molecule has 0 bridgehead atoms. The van der Waals surface area contributed by atoms with Crippen LogP contribution in [-0.2, 0) is 13.0 Å². The topological polar surface area (TPSA) is 50.8 Å². The molecule has 0 atom stereocenters. The van der Waals surface area contributed by atoms with Crippen molar-refractivity contribution in [2.24, 2.45) is 0 Å². The van der Waals surface area contributed by atoms with Crippen molar-refractivity contribution < 1.29 is 17.9 Å². The number of rotatable bonds is 5. The van der Waals surface area contributed by atoms with E-state index in [-0.39, 0.29) is 11.3 Å². The Hall–Kier alpha value is -3.27. The lowest BCUT2D eigenvalue weighted by Gasteiger charge is -2.10. The number of ether oxygens (including phenoxy) is 1. The van der Waals surface area contributed by atoms with Gasteiger partial charge in [-0.3, -0.25) is 4.68 Å². The van der Waals surface area contributed by atoms with Crippen molar-refractivity contribution in [1.82, 2.24) is 9.78 Å². The minimum atomic E-state index is -4.79. The van der Waals surface area contributed by atoms with Crippen LogP contribution in [-0.4, -0.2) is 16.1 Å². The lowest BCUT2D eigenvalue weighted by molar-refractivity contribution is -0.274. The van der Waals surface area contributed by atoms with Gasteiger partial charge in [-0.15, -0.1) is 13.2 Å². The number of aryl methyl sites for hydroxylation is 2. The fourth-order valence-corrected chi connectivity index (χ4v) is 2.57. The minimum absolute atomic E-state index is 0.252. The average molecular weight is 357 g/mol. The standard InChI is InChI=1S/C19H14F3N3O/c20-19(21,22)26-17-7-6-15(11-23)18(10-17)16-12-24-25(13-16)9-8-14-4-2-1-3-5-14/h1-7,10,12-13H,8-9H2. The molecule has 0 aliphatic rings. The highest BCUT2D eigenvalue weighted by molar-refractivity contribution is 5.71. The molecule has 0 spiro atoms. The van der Waals surface area contributed by atoms with E-state index in [9.17, 15) is 18.4 Å². The number of aromatic nitrogens is 2. The molecule has 3 rings (SSSR count). The van der Waals surface area contributed by atoms with Crippen LogP contribution < -0.4 is 4.74 Å². The fraction of sp³-hybridized carbons (Fsp3) is 0.158. The average Bonchev–Trinajstić information content (AvgIpc) is 3.08. The predicted octanol–water partition coefficient (Wildman–Crippen LogP) is 4.56. The Bertz CT molecular complexity index is 927. The third-order valence-corrected chi connectivity index (χ3v) is 3.76. The van der Waals surface area contributed by atoms with Crippen molar-refractivity contribution in [3.05, 3.63) is 72.1 Å². The maximum atomic E-state index is 12.4. The van der Waals surface area contributed by atoms with E-state index in [0.717, 1.165) is 18.1 Å². The molecule has 0 fully saturated rings. The summed E-state index contributed by atoms with van der Waals surface area (Å²) in [6, 6.07) is 15.5. The maximum Gasteiger partial charge on any atom is 0.573 e. The van der Waals surface area contributed by atoms with Crippen molar-refractivity contribution in [2.75, 3.05) is 0 Å². The first kappa shape index (κ1) is 17.5. The van der Waals surface area contributed by atoms with Crippen molar-refractivity contribution >= 4 is 0 Å². The molecule has 2 aromatic carbocycles. The van der Waals surface area contributed by atoms with E-state index in [1.807, 2.05) is 36.4 Å². The summed E-state index contributed by atoms with van der Waals surface area (Å²) in [7, 11) is 0. The molecule has 1 aromatic heterocycles. The van der Waals surface area contributed by atoms with Gasteiger partial charge in [-0.2, -0.15) is 10.4 Å². The Morgan fingerprint density at radius 2 is 1.88 bits per heavy atom. The number of benzene rings is 2. The number of halogens is 3. The van der Waals surface area contributed by atoms with Crippen LogP contribution in [0.2, 0.25) is 0 Å². The van der Waals surface area contributed by atoms with Gasteiger partial charge in [-0.05, 0) is 30.2 Å². The van der Waals surface area contributed by atoms with Gasteiger partial charge < -0.3 is 4.74 Å². The zero-order chi connectivity index (χ0) is 18.6. The largest absolute Gasteiger partial charge is 0.573 e. The Labute approximate surface area is 148 Å². The van der Waals surface area contributed by atoms with E-state index < -0.39 is 6.36 Å². The van der Waals surface area contributed by atoms with Gasteiger partial charge in [0.1, 0.15) is 5.75 Å². The number of alkyl halides is 3. The summed E-state index contributed by atoms with van der Waals surface area (Å²) in [6.07, 6.45) is -0.787. The molecule has 3 aromatic rings. The molecule has 0 saturated carbocycles. The van der Waals surface area contributed by atoms with E-state index in [2.05, 4.69) is 9.84 Å². The van der Waals surface area contributed by atoms with Crippen LogP contribution in [0.3, 0.4) is 0 Å². The first-order valence-electron chi connectivity index (χ1n) is 7.81. The molecule has 7 heteroatoms. The summed E-state index contributed by atoms with van der Waals surface area (Å²) in [4.78, 5) is 0. The smallest absolute Gasteiger partial charge is 0.406 e. The van der Waals surface area contributed by atoms with Crippen LogP contribution in [0.25, 0.3) is 11.1 Å². The van der Waals surface area contributed by atoms with Gasteiger partial charge in [0.25, 0.3) is 0 Å². The number of hydrogen-bond donors (Lipinski definition) is 0. The molecule has 0 aliphatic heterocycles. The summed E-state index contributed by atoms with van der Waals surface area (Å²) in [5.74, 6) is -0.372. The number of hydrogen-bond acceptors (Lipinski definition) is 3. The maximum absolute atomic E-state index is 12.4. The molecule has 0 aliphatic carbocycles. The van der Waals surface area contributed by atoms with Crippen molar-refractivity contribution in [3.63, 3.8) is 0 Å². The van der Waals surface area contributed by atoms with Crippen molar-refractivity contribution in [1.29, 1.82) is 5.26 Å². The van der Waals surface area contributed by atoms with Crippen LogP contribution in [0, 0.1) is 11.3 Å². The lowest BCUT2D eigenvalue weighted by Crippen LogP contribution is -2.17. The van der Waals surface area contributed by atoms with E-state index in [4.69, 9.17) is 0 Å². The number of nitrogens with zero attached hydrogens (tertiary/aromatic N) is 3. The second-order valence-electron chi connectivity index (χ2n) is 5.59. The highest BCUT2D eigenvalue weighted by Gasteiger charge is 2.31. The molecule has 0 amide bonds. The number of nitriles is 1. The normalized spacial score (nSPS) is 11.2. The van der Waals surface area contributed by atoms with Crippen LogP contribution in [0.1, 0.15) is 11.1 Å². The van der Waals surface area contributed by atoms with Gasteiger partial charge in [0, 0.05) is 23.9 Å². The molecule has 0 N–H and O–H groups in total. The summed E-state index contributed by atoms with van der Waals surface area (Å²) >= 11 is 0. The van der Waals surface area contributed by atoms with Gasteiger partial charge in [0.05, 0.1) is 17.8 Å². The quantitative estimate of drug-likeness (QED) is 0.672. The van der Waals surface area contributed by atoms with Crippen LogP contribution in [0.4, 0.5) is 13.2 Å². The first-order chi connectivity index (χ1) is 12.4. The molecule has 0 saturated heterocycles. The van der Waals surface area contributed by atoms with Crippen LogP contribution in [0.5, 0.6) is 5.75 Å². The van der Waals surface area contributed by atoms with Crippen LogP contribution in [0.15, 0.2) is 60.9 Å². The second kappa shape index (κ2) is 7.31. The van der Waals surface area contributed by atoms with E-state index in [1.54, 1.807) is 10.9 Å². The van der Waals surface area contributed by atoms with Gasteiger partial charge in [0.2, 0.25) is 0 Å². The van der Waals surface area contributed by atoms with Crippen LogP contribution >= 0.6 is 0 Å². The third kappa shape index (κ3) is 4.42. The Kier molecular flexibility index (Phi) is 4.94. The van der Waals surface area contributed by atoms with Gasteiger partial charge >= 0.3 is 6.36 Å². The fourth-order valence-electron chi connectivity index (χ4n) is 2.57.